The summed E-state index contributed by atoms with van der Waals surface area (Å²) < 4.78 is 1.99. The molecule has 1 aliphatic rings. The molecule has 0 atom stereocenters. The molecule has 2 N–H and O–H groups in total. The molecule has 118 valence electrons. The van der Waals surface area contributed by atoms with Gasteiger partial charge in [0, 0.05) is 25.8 Å². The zero-order chi connectivity index (χ0) is 15.4. The molecule has 1 aromatic heterocycles. The molecular weight excluding hydrogens is 262 g/mol. The van der Waals surface area contributed by atoms with Crippen LogP contribution in [-0.2, 0) is 6.54 Å². The molecule has 0 aromatic carbocycles. The number of nitrogens with two attached hydrogens (primary N) is 1. The Labute approximate surface area is 128 Å². The normalized spacial score (nSPS) is 22.2. The zero-order valence-corrected chi connectivity index (χ0v) is 13.6. The number of rotatable bonds is 5. The van der Waals surface area contributed by atoms with E-state index in [1.807, 2.05) is 28.8 Å². The molecular formula is C17H29N3O. The lowest BCUT2D eigenvalue weighted by molar-refractivity contribution is 0.0663. The Morgan fingerprint density at radius 1 is 1.33 bits per heavy atom. The first-order valence-corrected chi connectivity index (χ1v) is 8.29. The number of hydrogen-bond acceptors (Lipinski definition) is 2. The second kappa shape index (κ2) is 7.01. The van der Waals surface area contributed by atoms with Crippen molar-refractivity contribution in [3.05, 3.63) is 18.0 Å². The summed E-state index contributed by atoms with van der Waals surface area (Å²) >= 11 is 0. The molecule has 1 aromatic rings. The van der Waals surface area contributed by atoms with Crippen LogP contribution in [0.5, 0.6) is 0 Å². The molecule has 0 aliphatic heterocycles. The van der Waals surface area contributed by atoms with Gasteiger partial charge in [-0.3, -0.25) is 4.79 Å². The molecule has 4 nitrogen and oxygen atoms in total. The number of carbonyl (C=O) groups excluding carboxylic acids is 1. The summed E-state index contributed by atoms with van der Waals surface area (Å²) in [5.74, 6) is 0.962. The first-order valence-electron chi connectivity index (χ1n) is 8.29. The van der Waals surface area contributed by atoms with Crippen LogP contribution in [0.15, 0.2) is 12.3 Å². The molecule has 1 fully saturated rings. The molecule has 1 heterocycles. The summed E-state index contributed by atoms with van der Waals surface area (Å²) in [5, 5.41) is 0. The molecule has 0 spiro atoms. The van der Waals surface area contributed by atoms with Crippen LogP contribution in [-0.4, -0.2) is 28.5 Å². The van der Waals surface area contributed by atoms with Crippen molar-refractivity contribution in [2.45, 2.75) is 65.0 Å². The van der Waals surface area contributed by atoms with Crippen molar-refractivity contribution in [2.75, 3.05) is 12.8 Å². The number of nitrogen functional groups attached to an aromatic ring is 1. The minimum absolute atomic E-state index is 0.111. The van der Waals surface area contributed by atoms with E-state index in [9.17, 15) is 4.79 Å². The average molecular weight is 291 g/mol. The van der Waals surface area contributed by atoms with E-state index in [2.05, 4.69) is 13.8 Å². The minimum Gasteiger partial charge on any atom is -0.397 e. The standard InChI is InChI=1S/C17H29N3O/c1-4-10-20-12-14(18)11-16(20)17(21)19(3)15-8-6-13(5-2)7-9-15/h11-13,15H,4-10,18H2,1-3H3. The highest BCUT2D eigenvalue weighted by Gasteiger charge is 2.27. The Morgan fingerprint density at radius 2 is 2.00 bits per heavy atom. The Kier molecular flexibility index (Phi) is 5.32. The van der Waals surface area contributed by atoms with E-state index in [1.165, 1.54) is 19.3 Å². The number of anilines is 1. The van der Waals surface area contributed by atoms with E-state index in [-0.39, 0.29) is 5.91 Å². The molecule has 0 unspecified atom stereocenters. The minimum atomic E-state index is 0.111. The first kappa shape index (κ1) is 15.9. The van der Waals surface area contributed by atoms with Crippen LogP contribution in [0.25, 0.3) is 0 Å². The van der Waals surface area contributed by atoms with Gasteiger partial charge < -0.3 is 15.2 Å². The highest BCUT2D eigenvalue weighted by atomic mass is 16.2. The molecule has 1 aliphatic carbocycles. The Bertz CT molecular complexity index is 472. The van der Waals surface area contributed by atoms with Crippen molar-refractivity contribution in [3.8, 4) is 0 Å². The maximum atomic E-state index is 12.8. The van der Waals surface area contributed by atoms with Gasteiger partial charge in [-0.2, -0.15) is 0 Å². The van der Waals surface area contributed by atoms with Gasteiger partial charge in [-0.1, -0.05) is 20.3 Å². The molecule has 0 saturated heterocycles. The number of aromatic nitrogens is 1. The van der Waals surface area contributed by atoms with E-state index in [1.54, 1.807) is 0 Å². The summed E-state index contributed by atoms with van der Waals surface area (Å²) in [6.07, 6.45) is 8.89. The van der Waals surface area contributed by atoms with Crippen molar-refractivity contribution >= 4 is 11.6 Å². The third-order valence-electron chi connectivity index (χ3n) is 4.86. The van der Waals surface area contributed by atoms with Crippen LogP contribution in [0, 0.1) is 5.92 Å². The zero-order valence-electron chi connectivity index (χ0n) is 13.6. The third kappa shape index (κ3) is 3.60. The quantitative estimate of drug-likeness (QED) is 0.902. The predicted octanol–water partition coefficient (Wildman–Crippen LogP) is 3.52. The molecule has 1 amide bonds. The summed E-state index contributed by atoms with van der Waals surface area (Å²) in [4.78, 5) is 14.7. The first-order chi connectivity index (χ1) is 10.1. The number of hydrogen-bond donors (Lipinski definition) is 1. The van der Waals surface area contributed by atoms with Gasteiger partial charge >= 0.3 is 0 Å². The van der Waals surface area contributed by atoms with Gasteiger partial charge in [0.05, 0.1) is 5.69 Å². The van der Waals surface area contributed by atoms with Crippen LogP contribution in [0.3, 0.4) is 0 Å². The van der Waals surface area contributed by atoms with Crippen molar-refractivity contribution < 1.29 is 4.79 Å². The SMILES string of the molecule is CCCn1cc(N)cc1C(=O)N(C)C1CCC(CC)CC1. The summed E-state index contributed by atoms with van der Waals surface area (Å²) in [7, 11) is 1.94. The molecule has 2 rings (SSSR count). The largest absolute Gasteiger partial charge is 0.397 e. The molecule has 0 radical (unpaired) electrons. The van der Waals surface area contributed by atoms with Crippen LogP contribution in [0.4, 0.5) is 5.69 Å². The van der Waals surface area contributed by atoms with Crippen LogP contribution in [0.2, 0.25) is 0 Å². The lowest BCUT2D eigenvalue weighted by atomic mass is 9.84. The molecule has 21 heavy (non-hydrogen) atoms. The fourth-order valence-corrected chi connectivity index (χ4v) is 3.42. The number of amides is 1. The van der Waals surface area contributed by atoms with E-state index in [0.717, 1.165) is 37.4 Å². The van der Waals surface area contributed by atoms with Gasteiger partial charge in [0.2, 0.25) is 0 Å². The number of aryl methyl sites for hydroxylation is 1. The topological polar surface area (TPSA) is 51.3 Å². The van der Waals surface area contributed by atoms with Gasteiger partial charge in [-0.25, -0.2) is 0 Å². The van der Waals surface area contributed by atoms with Crippen molar-refractivity contribution in [1.82, 2.24) is 9.47 Å². The third-order valence-corrected chi connectivity index (χ3v) is 4.86. The Morgan fingerprint density at radius 3 is 2.57 bits per heavy atom. The monoisotopic (exact) mass is 291 g/mol. The van der Waals surface area contributed by atoms with Crippen LogP contribution < -0.4 is 5.73 Å². The average Bonchev–Trinajstić information content (AvgIpc) is 2.87. The summed E-state index contributed by atoms with van der Waals surface area (Å²) in [6.45, 7) is 5.22. The van der Waals surface area contributed by atoms with Crippen LogP contribution in [0.1, 0.15) is 62.9 Å². The lowest BCUT2D eigenvalue weighted by Gasteiger charge is -2.34. The van der Waals surface area contributed by atoms with Crippen molar-refractivity contribution in [3.63, 3.8) is 0 Å². The highest BCUT2D eigenvalue weighted by Crippen LogP contribution is 2.29. The summed E-state index contributed by atoms with van der Waals surface area (Å²) in [5.41, 5.74) is 7.28. The number of carbonyl (C=O) groups is 1. The molecule has 1 saturated carbocycles. The van der Waals surface area contributed by atoms with E-state index >= 15 is 0 Å². The van der Waals surface area contributed by atoms with Crippen LogP contribution >= 0.6 is 0 Å². The van der Waals surface area contributed by atoms with Gasteiger partial charge in [0.25, 0.3) is 5.91 Å². The second-order valence-electron chi connectivity index (χ2n) is 6.35. The van der Waals surface area contributed by atoms with Crippen molar-refractivity contribution in [2.24, 2.45) is 5.92 Å². The fraction of sp³-hybridized carbons (Fsp3) is 0.706. The fourth-order valence-electron chi connectivity index (χ4n) is 3.42. The van der Waals surface area contributed by atoms with Gasteiger partial charge in [-0.05, 0) is 44.1 Å². The molecule has 0 bridgehead atoms. The predicted molar refractivity (Wildman–Crippen MR) is 87.3 cm³/mol. The van der Waals surface area contributed by atoms with E-state index in [4.69, 9.17) is 5.73 Å². The maximum absolute atomic E-state index is 12.8. The number of nitrogens with zero attached hydrogens (tertiary/aromatic N) is 2. The van der Waals surface area contributed by atoms with Gasteiger partial charge in [-0.15, -0.1) is 0 Å². The van der Waals surface area contributed by atoms with E-state index in [0.29, 0.717) is 11.7 Å². The maximum Gasteiger partial charge on any atom is 0.270 e. The smallest absolute Gasteiger partial charge is 0.270 e. The lowest BCUT2D eigenvalue weighted by Crippen LogP contribution is -2.40. The Balaban J connectivity index is 2.05. The second-order valence-corrected chi connectivity index (χ2v) is 6.35. The van der Waals surface area contributed by atoms with Gasteiger partial charge in [0.1, 0.15) is 5.69 Å². The highest BCUT2D eigenvalue weighted by molar-refractivity contribution is 5.93. The van der Waals surface area contributed by atoms with Gasteiger partial charge in [0.15, 0.2) is 0 Å². The van der Waals surface area contributed by atoms with E-state index < -0.39 is 0 Å². The Hall–Kier alpha value is -1.45. The van der Waals surface area contributed by atoms with Crippen molar-refractivity contribution in [1.29, 1.82) is 0 Å². The summed E-state index contributed by atoms with van der Waals surface area (Å²) in [6, 6.07) is 2.19. The molecule has 4 heteroatoms.